The first kappa shape index (κ1) is 53.1. The Hall–Kier alpha value is -0.990. The van der Waals surface area contributed by atoms with Gasteiger partial charge in [-0.2, -0.15) is 0 Å². The van der Waals surface area contributed by atoms with Crippen molar-refractivity contribution in [1.29, 1.82) is 0 Å². The molecule has 0 aliphatic carbocycles. The van der Waals surface area contributed by atoms with Crippen LogP contribution in [0.2, 0.25) is 0 Å². The second-order valence-electron chi connectivity index (χ2n) is 18.1. The van der Waals surface area contributed by atoms with Crippen molar-refractivity contribution in [1.82, 2.24) is 4.90 Å². The second-order valence-corrected chi connectivity index (χ2v) is 18.1. The molecular weight excluding hydrogens is 723 g/mol. The molecule has 7 heteroatoms. The van der Waals surface area contributed by atoms with Crippen molar-refractivity contribution in [2.24, 2.45) is 0 Å². The molecule has 0 N–H and O–H groups in total. The highest BCUT2D eigenvalue weighted by molar-refractivity contribution is 5.69. The Labute approximate surface area is 360 Å². The Kier molecular flexibility index (Phi) is 35.6. The van der Waals surface area contributed by atoms with Gasteiger partial charge in [0.15, 0.2) is 5.79 Å². The predicted molar refractivity (Wildman–Crippen MR) is 245 cm³/mol. The molecule has 3 unspecified atom stereocenters. The number of carbonyl (C=O) groups excluding carboxylic acids is 1. The molecule has 58 heavy (non-hydrogen) atoms. The first-order valence-corrected chi connectivity index (χ1v) is 25.6. The van der Waals surface area contributed by atoms with Crippen molar-refractivity contribution in [2.75, 3.05) is 52.7 Å². The fourth-order valence-electron chi connectivity index (χ4n) is 8.53. The van der Waals surface area contributed by atoms with E-state index in [4.69, 9.17) is 23.7 Å². The van der Waals surface area contributed by atoms with E-state index >= 15 is 0 Å². The smallest absolute Gasteiger partial charge is 0.305 e. The Balaban J connectivity index is 1.51. The van der Waals surface area contributed by atoms with E-state index in [1.54, 1.807) is 0 Å². The minimum atomic E-state index is -0.562. The van der Waals surface area contributed by atoms with Crippen LogP contribution < -0.4 is 0 Å². The summed E-state index contributed by atoms with van der Waals surface area (Å²) in [5, 5.41) is 0. The Bertz CT molecular complexity index is 925. The number of likely N-dealkylation sites (tertiary alicyclic amines) is 1. The van der Waals surface area contributed by atoms with Gasteiger partial charge in [-0.05, 0) is 104 Å². The number of carbonyl (C=O) groups is 1. The largest absolute Gasteiger partial charge is 0.466 e. The molecule has 342 valence electrons. The maximum absolute atomic E-state index is 12.1. The minimum absolute atomic E-state index is 0.0187. The van der Waals surface area contributed by atoms with Crippen molar-refractivity contribution in [2.45, 2.75) is 257 Å². The summed E-state index contributed by atoms with van der Waals surface area (Å²) in [4.78, 5) is 14.7. The molecule has 0 radical (unpaired) electrons. The molecule has 2 heterocycles. The van der Waals surface area contributed by atoms with E-state index in [1.807, 2.05) is 0 Å². The average Bonchev–Trinajstić information content (AvgIpc) is 3.86. The number of nitrogens with zero attached hydrogens (tertiary/aromatic N) is 1. The van der Waals surface area contributed by atoms with Crippen LogP contribution in [0.15, 0.2) is 12.2 Å². The van der Waals surface area contributed by atoms with E-state index < -0.39 is 5.79 Å². The van der Waals surface area contributed by atoms with Crippen LogP contribution >= 0.6 is 0 Å². The standard InChI is InChI=1S/C51H97NO6/c1-4-6-8-10-12-14-15-16-17-18-19-20-22-24-27-35-43-54-46-48-49(58-51(3,57-48)39-31-32-40-52-41-33-34-42-52)47-55-44-36-28-25-29-37-45-56-50(53)38-30-26-23-21-13-11-9-7-5-2/h16-17,48-49H,4-15,18-47H2,1-3H3/b17-16-. The quantitative estimate of drug-likeness (QED) is 0.0345. The topological polar surface area (TPSA) is 66.5 Å². The molecule has 2 rings (SSSR count). The van der Waals surface area contributed by atoms with Gasteiger partial charge in [-0.3, -0.25) is 4.79 Å². The zero-order valence-electron chi connectivity index (χ0n) is 38.9. The van der Waals surface area contributed by atoms with Gasteiger partial charge in [-0.25, -0.2) is 0 Å². The van der Waals surface area contributed by atoms with Crippen molar-refractivity contribution in [3.05, 3.63) is 12.2 Å². The van der Waals surface area contributed by atoms with Crippen LogP contribution in [0.3, 0.4) is 0 Å². The molecule has 0 aromatic heterocycles. The van der Waals surface area contributed by atoms with E-state index in [9.17, 15) is 4.79 Å². The summed E-state index contributed by atoms with van der Waals surface area (Å²) in [7, 11) is 0. The van der Waals surface area contributed by atoms with Gasteiger partial charge in [-0.15, -0.1) is 0 Å². The highest BCUT2D eigenvalue weighted by Gasteiger charge is 2.44. The fraction of sp³-hybridized carbons (Fsp3) is 0.941. The zero-order valence-corrected chi connectivity index (χ0v) is 38.9. The lowest BCUT2D eigenvalue weighted by atomic mass is 10.1. The molecule has 0 bridgehead atoms. The lowest BCUT2D eigenvalue weighted by molar-refractivity contribution is -0.173. The van der Waals surface area contributed by atoms with Crippen molar-refractivity contribution < 1.29 is 28.5 Å². The molecule has 2 fully saturated rings. The first-order valence-electron chi connectivity index (χ1n) is 25.6. The van der Waals surface area contributed by atoms with Gasteiger partial charge in [0.1, 0.15) is 12.2 Å². The van der Waals surface area contributed by atoms with Crippen molar-refractivity contribution in [3.63, 3.8) is 0 Å². The second kappa shape index (κ2) is 38.9. The maximum Gasteiger partial charge on any atom is 0.305 e. The van der Waals surface area contributed by atoms with Crippen LogP contribution in [0, 0.1) is 0 Å². The highest BCUT2D eigenvalue weighted by atomic mass is 16.8. The number of allylic oxidation sites excluding steroid dienone is 2. The third kappa shape index (κ3) is 30.9. The molecule has 0 saturated carbocycles. The lowest BCUT2D eigenvalue weighted by Crippen LogP contribution is -2.32. The number of ether oxygens (including phenoxy) is 5. The molecular formula is C51H97NO6. The monoisotopic (exact) mass is 820 g/mol. The molecule has 3 atom stereocenters. The SMILES string of the molecule is CCCCCCCC/C=C\CCCCCCCCOCC1OC(C)(CCCCN2CCCC2)OC1COCCCCCCCOC(=O)CCCCCCCCCCC. The summed E-state index contributed by atoms with van der Waals surface area (Å²) in [5.74, 6) is -0.581. The summed E-state index contributed by atoms with van der Waals surface area (Å²) >= 11 is 0. The average molecular weight is 820 g/mol. The normalized spacial score (nSPS) is 19.9. The summed E-state index contributed by atoms with van der Waals surface area (Å²) in [6.07, 6.45) is 46.4. The van der Waals surface area contributed by atoms with E-state index in [0.29, 0.717) is 26.2 Å². The Morgan fingerprint density at radius 1 is 0.552 bits per heavy atom. The first-order chi connectivity index (χ1) is 28.6. The van der Waals surface area contributed by atoms with E-state index in [2.05, 4.69) is 37.8 Å². The van der Waals surface area contributed by atoms with Gasteiger partial charge in [0.25, 0.3) is 0 Å². The van der Waals surface area contributed by atoms with Crippen molar-refractivity contribution >= 4 is 5.97 Å². The maximum atomic E-state index is 12.1. The number of esters is 1. The van der Waals surface area contributed by atoms with Gasteiger partial charge in [0.2, 0.25) is 0 Å². The van der Waals surface area contributed by atoms with Crippen LogP contribution in [-0.4, -0.2) is 81.5 Å². The summed E-state index contributed by atoms with van der Waals surface area (Å²) < 4.78 is 31.0. The third-order valence-corrected chi connectivity index (χ3v) is 12.3. The Morgan fingerprint density at radius 2 is 0.983 bits per heavy atom. The third-order valence-electron chi connectivity index (χ3n) is 12.3. The number of hydrogen-bond acceptors (Lipinski definition) is 7. The summed E-state index contributed by atoms with van der Waals surface area (Å²) in [6.45, 7) is 13.6. The minimum Gasteiger partial charge on any atom is -0.466 e. The van der Waals surface area contributed by atoms with Crippen LogP contribution in [0.25, 0.3) is 0 Å². The Morgan fingerprint density at radius 3 is 1.48 bits per heavy atom. The van der Waals surface area contributed by atoms with Gasteiger partial charge >= 0.3 is 5.97 Å². The van der Waals surface area contributed by atoms with Gasteiger partial charge in [-0.1, -0.05) is 154 Å². The molecule has 0 amide bonds. The lowest BCUT2D eigenvalue weighted by Gasteiger charge is -2.24. The van der Waals surface area contributed by atoms with Gasteiger partial charge in [0.05, 0.1) is 19.8 Å². The van der Waals surface area contributed by atoms with Crippen LogP contribution in [0.5, 0.6) is 0 Å². The predicted octanol–water partition coefficient (Wildman–Crippen LogP) is 14.2. The zero-order chi connectivity index (χ0) is 41.5. The number of rotatable bonds is 43. The molecule has 0 spiro atoms. The molecule has 0 aromatic carbocycles. The van der Waals surface area contributed by atoms with Crippen molar-refractivity contribution in [3.8, 4) is 0 Å². The van der Waals surface area contributed by atoms with Gasteiger partial charge < -0.3 is 28.6 Å². The number of unbranched alkanes of at least 4 members (excludes halogenated alkanes) is 25. The van der Waals surface area contributed by atoms with Crippen LogP contribution in [0.4, 0.5) is 0 Å². The van der Waals surface area contributed by atoms with Crippen LogP contribution in [0.1, 0.15) is 239 Å². The van der Waals surface area contributed by atoms with Crippen LogP contribution in [-0.2, 0) is 28.5 Å². The van der Waals surface area contributed by atoms with Gasteiger partial charge in [0, 0.05) is 26.1 Å². The molecule has 7 nitrogen and oxygen atoms in total. The van der Waals surface area contributed by atoms with E-state index in [1.165, 1.54) is 167 Å². The highest BCUT2D eigenvalue weighted by Crippen LogP contribution is 2.33. The van der Waals surface area contributed by atoms with E-state index in [-0.39, 0.29) is 18.2 Å². The fourth-order valence-corrected chi connectivity index (χ4v) is 8.53. The molecule has 2 aliphatic rings. The molecule has 2 aliphatic heterocycles. The summed E-state index contributed by atoms with van der Waals surface area (Å²) in [5.41, 5.74) is 0. The molecule has 0 aromatic rings. The summed E-state index contributed by atoms with van der Waals surface area (Å²) in [6, 6.07) is 0. The molecule has 2 saturated heterocycles. The van der Waals surface area contributed by atoms with E-state index in [0.717, 1.165) is 77.4 Å². The number of hydrogen-bond donors (Lipinski definition) is 0.